The van der Waals surface area contributed by atoms with Crippen LogP contribution in [0.1, 0.15) is 77.0 Å². The molecule has 0 radical (unpaired) electrons. The number of rotatable bonds is 4. The van der Waals surface area contributed by atoms with Gasteiger partial charge in [-0.15, -0.1) is 0 Å². The fourth-order valence-corrected chi connectivity index (χ4v) is 3.85. The maximum atomic E-state index is 9.34. The van der Waals surface area contributed by atoms with Crippen LogP contribution in [-0.4, -0.2) is 0 Å². The highest BCUT2D eigenvalue weighted by atomic mass is 14.3. The Morgan fingerprint density at radius 3 is 1.53 bits per heavy atom. The Bertz CT molecular complexity index is 221. The standard InChI is InChI=1S/C16H27N/c17-13-16(11-14-7-3-1-4-8-14)12-15-9-5-2-6-10-15/h14-16H,1-12H2. The molecule has 0 heterocycles. The van der Waals surface area contributed by atoms with E-state index in [4.69, 9.17) is 0 Å². The summed E-state index contributed by atoms with van der Waals surface area (Å²) in [5.74, 6) is 2.11. The first-order valence-electron chi connectivity index (χ1n) is 7.78. The Hall–Kier alpha value is -0.510. The summed E-state index contributed by atoms with van der Waals surface area (Å²) in [7, 11) is 0. The number of nitriles is 1. The van der Waals surface area contributed by atoms with Gasteiger partial charge in [-0.05, 0) is 24.7 Å². The summed E-state index contributed by atoms with van der Waals surface area (Å²) in [6.07, 6.45) is 16.5. The number of hydrogen-bond donors (Lipinski definition) is 0. The molecule has 2 aliphatic rings. The maximum absolute atomic E-state index is 9.34. The van der Waals surface area contributed by atoms with Crippen LogP contribution in [0.5, 0.6) is 0 Å². The minimum atomic E-state index is 0.362. The summed E-state index contributed by atoms with van der Waals surface area (Å²) < 4.78 is 0. The van der Waals surface area contributed by atoms with Crippen molar-refractivity contribution in [2.24, 2.45) is 17.8 Å². The van der Waals surface area contributed by atoms with Gasteiger partial charge in [-0.1, -0.05) is 64.2 Å². The van der Waals surface area contributed by atoms with Gasteiger partial charge in [-0.2, -0.15) is 5.26 Å². The predicted molar refractivity (Wildman–Crippen MR) is 71.5 cm³/mol. The first-order valence-corrected chi connectivity index (χ1v) is 7.78. The zero-order valence-corrected chi connectivity index (χ0v) is 11.2. The summed E-state index contributed by atoms with van der Waals surface area (Å²) >= 11 is 0. The molecule has 0 aromatic rings. The van der Waals surface area contributed by atoms with Crippen molar-refractivity contribution >= 4 is 0 Å². The molecule has 0 bridgehead atoms. The van der Waals surface area contributed by atoms with Gasteiger partial charge in [-0.3, -0.25) is 0 Å². The molecule has 1 nitrogen and oxygen atoms in total. The first-order chi connectivity index (χ1) is 8.38. The Morgan fingerprint density at radius 1 is 0.765 bits per heavy atom. The van der Waals surface area contributed by atoms with Gasteiger partial charge in [0.25, 0.3) is 0 Å². The van der Waals surface area contributed by atoms with E-state index >= 15 is 0 Å². The van der Waals surface area contributed by atoms with E-state index < -0.39 is 0 Å². The molecule has 0 atom stereocenters. The molecular weight excluding hydrogens is 206 g/mol. The molecule has 0 aromatic carbocycles. The Balaban J connectivity index is 1.73. The van der Waals surface area contributed by atoms with Crippen LogP contribution in [0.4, 0.5) is 0 Å². The monoisotopic (exact) mass is 233 g/mol. The van der Waals surface area contributed by atoms with Crippen LogP contribution in [0, 0.1) is 29.1 Å². The SMILES string of the molecule is N#CC(CC1CCCCC1)CC1CCCCC1. The quantitative estimate of drug-likeness (QED) is 0.665. The van der Waals surface area contributed by atoms with Gasteiger partial charge >= 0.3 is 0 Å². The highest BCUT2D eigenvalue weighted by molar-refractivity contribution is 4.87. The van der Waals surface area contributed by atoms with E-state index in [9.17, 15) is 5.26 Å². The van der Waals surface area contributed by atoms with Crippen LogP contribution in [0.15, 0.2) is 0 Å². The van der Waals surface area contributed by atoms with E-state index in [0.717, 1.165) is 11.8 Å². The average Bonchev–Trinajstić information content (AvgIpc) is 2.40. The molecule has 2 rings (SSSR count). The molecular formula is C16H27N. The van der Waals surface area contributed by atoms with Crippen LogP contribution < -0.4 is 0 Å². The van der Waals surface area contributed by atoms with E-state index in [-0.39, 0.29) is 0 Å². The van der Waals surface area contributed by atoms with E-state index in [2.05, 4.69) is 6.07 Å². The molecule has 1 heteroatoms. The lowest BCUT2D eigenvalue weighted by Gasteiger charge is -2.27. The van der Waals surface area contributed by atoms with Gasteiger partial charge in [0.05, 0.1) is 6.07 Å². The molecule has 96 valence electrons. The van der Waals surface area contributed by atoms with Crippen molar-refractivity contribution in [2.45, 2.75) is 77.0 Å². The summed E-state index contributed by atoms with van der Waals surface area (Å²) in [4.78, 5) is 0. The van der Waals surface area contributed by atoms with Crippen molar-refractivity contribution in [2.75, 3.05) is 0 Å². The van der Waals surface area contributed by atoms with Gasteiger partial charge < -0.3 is 0 Å². The van der Waals surface area contributed by atoms with Crippen molar-refractivity contribution < 1.29 is 0 Å². The molecule has 0 amide bonds. The maximum Gasteiger partial charge on any atom is 0.0655 e. The molecule has 0 aromatic heterocycles. The van der Waals surface area contributed by atoms with Gasteiger partial charge in [0.2, 0.25) is 0 Å². The summed E-state index contributed by atoms with van der Waals surface area (Å²) in [6, 6.07) is 2.60. The van der Waals surface area contributed by atoms with Gasteiger partial charge in [0.15, 0.2) is 0 Å². The summed E-state index contributed by atoms with van der Waals surface area (Å²) in [5, 5.41) is 9.34. The second-order valence-corrected chi connectivity index (χ2v) is 6.31. The minimum absolute atomic E-state index is 0.362. The Morgan fingerprint density at radius 2 is 1.18 bits per heavy atom. The Labute approximate surface area is 107 Å². The largest absolute Gasteiger partial charge is 0.198 e. The molecule has 2 saturated carbocycles. The fraction of sp³-hybridized carbons (Fsp3) is 0.938. The van der Waals surface area contributed by atoms with Crippen molar-refractivity contribution in [3.63, 3.8) is 0 Å². The van der Waals surface area contributed by atoms with E-state index in [0.29, 0.717) is 5.92 Å². The number of nitrogens with zero attached hydrogens (tertiary/aromatic N) is 1. The van der Waals surface area contributed by atoms with Crippen molar-refractivity contribution in [1.82, 2.24) is 0 Å². The van der Waals surface area contributed by atoms with E-state index in [1.54, 1.807) is 0 Å². The van der Waals surface area contributed by atoms with Crippen LogP contribution in [0.3, 0.4) is 0 Å². The van der Waals surface area contributed by atoms with Gasteiger partial charge in [0.1, 0.15) is 0 Å². The topological polar surface area (TPSA) is 23.8 Å². The second-order valence-electron chi connectivity index (χ2n) is 6.31. The van der Waals surface area contributed by atoms with Gasteiger partial charge in [0, 0.05) is 5.92 Å². The van der Waals surface area contributed by atoms with E-state index in [1.165, 1.54) is 77.0 Å². The molecule has 2 aliphatic carbocycles. The number of hydrogen-bond acceptors (Lipinski definition) is 1. The smallest absolute Gasteiger partial charge is 0.0655 e. The molecule has 0 N–H and O–H groups in total. The third-order valence-corrected chi connectivity index (χ3v) is 4.87. The Kier molecular flexibility index (Phi) is 5.36. The third-order valence-electron chi connectivity index (χ3n) is 4.87. The lowest BCUT2D eigenvalue weighted by Crippen LogP contribution is -2.16. The molecule has 2 fully saturated rings. The molecule has 17 heavy (non-hydrogen) atoms. The average molecular weight is 233 g/mol. The zero-order chi connectivity index (χ0) is 11.9. The molecule has 0 aliphatic heterocycles. The molecule has 0 saturated heterocycles. The normalized spacial score (nSPS) is 23.8. The predicted octanol–water partition coefficient (Wildman–Crippen LogP) is 5.07. The van der Waals surface area contributed by atoms with Crippen LogP contribution in [0.25, 0.3) is 0 Å². The zero-order valence-electron chi connectivity index (χ0n) is 11.2. The highest BCUT2D eigenvalue weighted by Gasteiger charge is 2.22. The molecule has 0 spiro atoms. The van der Waals surface area contributed by atoms with Crippen LogP contribution in [0.2, 0.25) is 0 Å². The van der Waals surface area contributed by atoms with E-state index in [1.807, 2.05) is 0 Å². The summed E-state index contributed by atoms with van der Waals surface area (Å²) in [5.41, 5.74) is 0. The third kappa shape index (κ3) is 4.34. The van der Waals surface area contributed by atoms with Crippen LogP contribution in [-0.2, 0) is 0 Å². The van der Waals surface area contributed by atoms with Gasteiger partial charge in [-0.25, -0.2) is 0 Å². The highest BCUT2D eigenvalue weighted by Crippen LogP contribution is 2.34. The molecule has 0 unspecified atom stereocenters. The fourth-order valence-electron chi connectivity index (χ4n) is 3.85. The second kappa shape index (κ2) is 7.04. The lowest BCUT2D eigenvalue weighted by atomic mass is 9.77. The van der Waals surface area contributed by atoms with Crippen molar-refractivity contribution in [3.05, 3.63) is 0 Å². The van der Waals surface area contributed by atoms with Crippen molar-refractivity contribution in [1.29, 1.82) is 5.26 Å². The lowest BCUT2D eigenvalue weighted by molar-refractivity contribution is 0.260. The van der Waals surface area contributed by atoms with Crippen molar-refractivity contribution in [3.8, 4) is 6.07 Å². The minimum Gasteiger partial charge on any atom is -0.198 e. The first kappa shape index (κ1) is 12.9. The summed E-state index contributed by atoms with van der Waals surface area (Å²) in [6.45, 7) is 0. The van der Waals surface area contributed by atoms with Crippen LogP contribution >= 0.6 is 0 Å².